The van der Waals surface area contributed by atoms with Crippen LogP contribution < -0.4 is 5.32 Å². The quantitative estimate of drug-likeness (QED) is 0.668. The van der Waals surface area contributed by atoms with Crippen molar-refractivity contribution in [3.63, 3.8) is 0 Å². The van der Waals surface area contributed by atoms with Gasteiger partial charge in [0.05, 0.1) is 6.61 Å². The standard InChI is InChI=1S/C10H17NO3/c12-10(8-4-3-6-11-8)14-9-5-1-2-7-13-9/h8-9,11H,1-7H2. The predicted octanol–water partition coefficient (Wildman–Crippen LogP) is 0.808. The maximum absolute atomic E-state index is 11.5. The second-order valence-corrected chi connectivity index (χ2v) is 3.88. The van der Waals surface area contributed by atoms with E-state index in [1.807, 2.05) is 0 Å². The van der Waals surface area contributed by atoms with E-state index in [1.54, 1.807) is 0 Å². The molecule has 2 saturated heterocycles. The van der Waals surface area contributed by atoms with Gasteiger partial charge in [0.2, 0.25) is 6.29 Å². The number of nitrogens with one attached hydrogen (secondary N) is 1. The highest BCUT2D eigenvalue weighted by molar-refractivity contribution is 5.76. The van der Waals surface area contributed by atoms with E-state index >= 15 is 0 Å². The fourth-order valence-corrected chi connectivity index (χ4v) is 1.90. The van der Waals surface area contributed by atoms with E-state index in [0.29, 0.717) is 0 Å². The number of rotatable bonds is 2. The fraction of sp³-hybridized carbons (Fsp3) is 0.900. The SMILES string of the molecule is O=C(OC1CCCCO1)C1CCCN1. The summed E-state index contributed by atoms with van der Waals surface area (Å²) in [4.78, 5) is 11.5. The smallest absolute Gasteiger partial charge is 0.325 e. The van der Waals surface area contributed by atoms with E-state index in [-0.39, 0.29) is 18.3 Å². The normalized spacial score (nSPS) is 32.9. The van der Waals surface area contributed by atoms with Crippen LogP contribution in [0.3, 0.4) is 0 Å². The summed E-state index contributed by atoms with van der Waals surface area (Å²) in [5.41, 5.74) is 0. The van der Waals surface area contributed by atoms with Crippen molar-refractivity contribution in [3.05, 3.63) is 0 Å². The van der Waals surface area contributed by atoms with Gasteiger partial charge in [0.25, 0.3) is 0 Å². The van der Waals surface area contributed by atoms with Gasteiger partial charge in [-0.1, -0.05) is 0 Å². The Morgan fingerprint density at radius 3 is 2.86 bits per heavy atom. The van der Waals surface area contributed by atoms with Gasteiger partial charge in [-0.25, -0.2) is 0 Å². The van der Waals surface area contributed by atoms with E-state index in [1.165, 1.54) is 0 Å². The molecule has 2 atom stereocenters. The van der Waals surface area contributed by atoms with Crippen molar-refractivity contribution in [1.29, 1.82) is 0 Å². The lowest BCUT2D eigenvalue weighted by molar-refractivity contribution is -0.188. The van der Waals surface area contributed by atoms with Gasteiger partial charge >= 0.3 is 5.97 Å². The molecule has 0 radical (unpaired) electrons. The largest absolute Gasteiger partial charge is 0.435 e. The summed E-state index contributed by atoms with van der Waals surface area (Å²) in [6.45, 7) is 1.64. The number of hydrogen-bond acceptors (Lipinski definition) is 4. The number of carbonyl (C=O) groups is 1. The number of carbonyl (C=O) groups excluding carboxylic acids is 1. The molecule has 1 N–H and O–H groups in total. The molecule has 0 saturated carbocycles. The molecule has 0 aliphatic carbocycles. The molecule has 2 fully saturated rings. The molecule has 0 aromatic heterocycles. The monoisotopic (exact) mass is 199 g/mol. The van der Waals surface area contributed by atoms with Crippen molar-refractivity contribution in [2.24, 2.45) is 0 Å². The summed E-state index contributed by atoms with van der Waals surface area (Å²) in [5, 5.41) is 3.12. The summed E-state index contributed by atoms with van der Waals surface area (Å²) >= 11 is 0. The molecule has 2 heterocycles. The Labute approximate surface area is 84.0 Å². The van der Waals surface area contributed by atoms with Crippen molar-refractivity contribution in [2.45, 2.75) is 44.4 Å². The van der Waals surface area contributed by atoms with Gasteiger partial charge in [0, 0.05) is 6.42 Å². The zero-order valence-electron chi connectivity index (χ0n) is 8.33. The van der Waals surface area contributed by atoms with Crippen molar-refractivity contribution < 1.29 is 14.3 Å². The molecular weight excluding hydrogens is 182 g/mol. The van der Waals surface area contributed by atoms with Crippen LogP contribution in [0.1, 0.15) is 32.1 Å². The Kier molecular flexibility index (Phi) is 3.37. The molecule has 2 unspecified atom stereocenters. The van der Waals surface area contributed by atoms with Crippen LogP contribution in [0.5, 0.6) is 0 Å². The minimum atomic E-state index is -0.293. The Bertz CT molecular complexity index is 196. The molecule has 14 heavy (non-hydrogen) atoms. The summed E-state index contributed by atoms with van der Waals surface area (Å²) < 4.78 is 10.6. The Morgan fingerprint density at radius 1 is 1.29 bits per heavy atom. The highest BCUT2D eigenvalue weighted by Gasteiger charge is 2.27. The highest BCUT2D eigenvalue weighted by atomic mass is 16.7. The first-order chi connectivity index (χ1) is 6.86. The molecule has 0 aromatic rings. The third-order valence-electron chi connectivity index (χ3n) is 2.73. The van der Waals surface area contributed by atoms with Crippen LogP contribution >= 0.6 is 0 Å². The Balaban J connectivity index is 1.75. The minimum absolute atomic E-state index is 0.0967. The van der Waals surface area contributed by atoms with Gasteiger partial charge in [-0.15, -0.1) is 0 Å². The first-order valence-corrected chi connectivity index (χ1v) is 5.42. The summed E-state index contributed by atoms with van der Waals surface area (Å²) in [5.74, 6) is -0.144. The maximum Gasteiger partial charge on any atom is 0.325 e. The summed E-state index contributed by atoms with van der Waals surface area (Å²) in [6, 6.07) is -0.0967. The van der Waals surface area contributed by atoms with Crippen molar-refractivity contribution in [1.82, 2.24) is 5.32 Å². The number of hydrogen-bond donors (Lipinski definition) is 1. The number of esters is 1. The van der Waals surface area contributed by atoms with E-state index in [0.717, 1.165) is 45.3 Å². The first-order valence-electron chi connectivity index (χ1n) is 5.42. The lowest BCUT2D eigenvalue weighted by Gasteiger charge is -2.23. The molecule has 0 spiro atoms. The molecule has 2 aliphatic heterocycles. The number of ether oxygens (including phenoxy) is 2. The zero-order chi connectivity index (χ0) is 9.80. The highest BCUT2D eigenvalue weighted by Crippen LogP contribution is 2.16. The van der Waals surface area contributed by atoms with Crippen molar-refractivity contribution in [2.75, 3.05) is 13.2 Å². The van der Waals surface area contributed by atoms with Crippen molar-refractivity contribution >= 4 is 5.97 Å². The molecule has 0 aromatic carbocycles. The van der Waals surface area contributed by atoms with Gasteiger partial charge in [-0.05, 0) is 32.2 Å². The predicted molar refractivity (Wildman–Crippen MR) is 50.7 cm³/mol. The zero-order valence-corrected chi connectivity index (χ0v) is 8.33. The third kappa shape index (κ3) is 2.45. The van der Waals surface area contributed by atoms with Crippen LogP contribution in [-0.2, 0) is 14.3 Å². The second-order valence-electron chi connectivity index (χ2n) is 3.88. The topological polar surface area (TPSA) is 47.6 Å². The third-order valence-corrected chi connectivity index (χ3v) is 2.73. The van der Waals surface area contributed by atoms with Crippen LogP contribution in [0.25, 0.3) is 0 Å². The van der Waals surface area contributed by atoms with E-state index in [9.17, 15) is 4.79 Å². The molecule has 4 nitrogen and oxygen atoms in total. The fourth-order valence-electron chi connectivity index (χ4n) is 1.90. The summed E-state index contributed by atoms with van der Waals surface area (Å²) in [6.07, 6.45) is 4.68. The van der Waals surface area contributed by atoms with Gasteiger partial charge in [-0.3, -0.25) is 4.79 Å². The molecular formula is C10H17NO3. The molecule has 2 rings (SSSR count). The lowest BCUT2D eigenvalue weighted by Crippen LogP contribution is -2.36. The average molecular weight is 199 g/mol. The Morgan fingerprint density at radius 2 is 2.21 bits per heavy atom. The van der Waals surface area contributed by atoms with Gasteiger partial charge in [-0.2, -0.15) is 0 Å². The molecule has 4 heteroatoms. The van der Waals surface area contributed by atoms with E-state index < -0.39 is 0 Å². The van der Waals surface area contributed by atoms with Crippen molar-refractivity contribution in [3.8, 4) is 0 Å². The van der Waals surface area contributed by atoms with Crippen LogP contribution in [0.15, 0.2) is 0 Å². The van der Waals surface area contributed by atoms with Crippen LogP contribution in [0, 0.1) is 0 Å². The van der Waals surface area contributed by atoms with Crippen LogP contribution in [-0.4, -0.2) is 31.5 Å². The van der Waals surface area contributed by atoms with Gasteiger partial charge < -0.3 is 14.8 Å². The minimum Gasteiger partial charge on any atom is -0.435 e. The molecule has 2 aliphatic rings. The molecule has 0 bridgehead atoms. The molecule has 80 valence electrons. The Hall–Kier alpha value is -0.610. The summed E-state index contributed by atoms with van der Waals surface area (Å²) in [7, 11) is 0. The van der Waals surface area contributed by atoms with Gasteiger partial charge in [0.15, 0.2) is 0 Å². The van der Waals surface area contributed by atoms with E-state index in [4.69, 9.17) is 9.47 Å². The maximum atomic E-state index is 11.5. The van der Waals surface area contributed by atoms with E-state index in [2.05, 4.69) is 5.32 Å². The van der Waals surface area contributed by atoms with Crippen LogP contribution in [0.2, 0.25) is 0 Å². The lowest BCUT2D eigenvalue weighted by atomic mass is 10.2. The molecule has 0 amide bonds. The second kappa shape index (κ2) is 4.75. The van der Waals surface area contributed by atoms with Gasteiger partial charge in [0.1, 0.15) is 6.04 Å². The first kappa shape index (κ1) is 9.93. The van der Waals surface area contributed by atoms with Crippen LogP contribution in [0.4, 0.5) is 0 Å². The average Bonchev–Trinajstić information content (AvgIpc) is 2.72.